The predicted octanol–water partition coefficient (Wildman–Crippen LogP) is 5.33. The van der Waals surface area contributed by atoms with Crippen LogP contribution in [0.15, 0.2) is 34.8 Å². The zero-order valence-electron chi connectivity index (χ0n) is 11.3. The van der Waals surface area contributed by atoms with E-state index in [0.29, 0.717) is 27.0 Å². The van der Waals surface area contributed by atoms with Crippen molar-refractivity contribution in [1.82, 2.24) is 0 Å². The number of methoxy groups -OCH3 is 1. The van der Waals surface area contributed by atoms with E-state index in [9.17, 15) is 4.79 Å². The molecule has 2 aromatic rings. The summed E-state index contributed by atoms with van der Waals surface area (Å²) in [5, 5.41) is 3.59. The van der Waals surface area contributed by atoms with Crippen LogP contribution in [-0.2, 0) is 0 Å². The Labute approximate surface area is 141 Å². The molecule has 0 spiro atoms. The van der Waals surface area contributed by atoms with Gasteiger partial charge in [0.1, 0.15) is 5.75 Å². The van der Waals surface area contributed by atoms with Crippen LogP contribution in [0.4, 0.5) is 5.69 Å². The van der Waals surface area contributed by atoms with E-state index in [-0.39, 0.29) is 5.91 Å². The molecule has 2 rings (SSSR count). The minimum Gasteiger partial charge on any atom is -0.496 e. The van der Waals surface area contributed by atoms with Crippen molar-refractivity contribution in [2.45, 2.75) is 6.92 Å². The lowest BCUT2D eigenvalue weighted by Gasteiger charge is -2.12. The third kappa shape index (κ3) is 3.70. The first-order chi connectivity index (χ1) is 9.92. The number of hydrogen-bond donors (Lipinski definition) is 1. The Hall–Kier alpha value is -1.23. The number of halogens is 3. The summed E-state index contributed by atoms with van der Waals surface area (Å²) < 4.78 is 6.11. The standard InChI is InChI=1S/C15H12BrCl2NO2/c1-8-5-9(16)6-11(14(8)21-2)15(20)19-10-3-4-12(17)13(18)7-10/h3-7H,1-2H3,(H,19,20). The smallest absolute Gasteiger partial charge is 0.259 e. The van der Waals surface area contributed by atoms with Crippen LogP contribution in [-0.4, -0.2) is 13.0 Å². The lowest BCUT2D eigenvalue weighted by Crippen LogP contribution is -2.13. The van der Waals surface area contributed by atoms with Crippen LogP contribution < -0.4 is 10.1 Å². The highest BCUT2D eigenvalue weighted by Gasteiger charge is 2.16. The fraction of sp³-hybridized carbons (Fsp3) is 0.133. The van der Waals surface area contributed by atoms with Crippen LogP contribution in [0.5, 0.6) is 5.75 Å². The van der Waals surface area contributed by atoms with Crippen LogP contribution in [0, 0.1) is 6.92 Å². The van der Waals surface area contributed by atoms with Gasteiger partial charge in [-0.2, -0.15) is 0 Å². The van der Waals surface area contributed by atoms with Gasteiger partial charge >= 0.3 is 0 Å². The Morgan fingerprint density at radius 2 is 1.90 bits per heavy atom. The van der Waals surface area contributed by atoms with Gasteiger partial charge in [0.2, 0.25) is 0 Å². The predicted molar refractivity (Wildman–Crippen MR) is 89.8 cm³/mol. The summed E-state index contributed by atoms with van der Waals surface area (Å²) >= 11 is 15.2. The fourth-order valence-corrected chi connectivity index (χ4v) is 2.81. The molecule has 0 unspecified atom stereocenters. The molecule has 1 amide bonds. The van der Waals surface area contributed by atoms with E-state index in [4.69, 9.17) is 27.9 Å². The molecule has 110 valence electrons. The molecule has 1 N–H and O–H groups in total. The third-order valence-electron chi connectivity index (χ3n) is 2.87. The first-order valence-corrected chi connectivity index (χ1v) is 7.58. The molecule has 0 bridgehead atoms. The van der Waals surface area contributed by atoms with Crippen molar-refractivity contribution in [3.8, 4) is 5.75 Å². The highest BCUT2D eigenvalue weighted by atomic mass is 79.9. The maximum absolute atomic E-state index is 12.4. The largest absolute Gasteiger partial charge is 0.496 e. The van der Waals surface area contributed by atoms with E-state index < -0.39 is 0 Å². The van der Waals surface area contributed by atoms with Crippen molar-refractivity contribution in [2.75, 3.05) is 12.4 Å². The second-order valence-electron chi connectivity index (χ2n) is 4.39. The quantitative estimate of drug-likeness (QED) is 0.771. The van der Waals surface area contributed by atoms with Gasteiger partial charge in [0, 0.05) is 10.2 Å². The molecule has 2 aromatic carbocycles. The molecular weight excluding hydrogens is 377 g/mol. The van der Waals surface area contributed by atoms with Crippen molar-refractivity contribution in [3.05, 3.63) is 56.0 Å². The molecule has 0 aliphatic carbocycles. The molecule has 0 radical (unpaired) electrons. The number of carbonyl (C=O) groups is 1. The van der Waals surface area contributed by atoms with Crippen LogP contribution in [0.2, 0.25) is 10.0 Å². The Kier molecular flexibility index (Phi) is 5.14. The maximum Gasteiger partial charge on any atom is 0.259 e. The molecule has 0 saturated heterocycles. The molecule has 3 nitrogen and oxygen atoms in total. The molecule has 6 heteroatoms. The zero-order valence-corrected chi connectivity index (χ0v) is 14.4. The van der Waals surface area contributed by atoms with Gasteiger partial charge in [-0.1, -0.05) is 39.1 Å². The summed E-state index contributed by atoms with van der Waals surface area (Å²) in [5.41, 5.74) is 1.87. The molecule has 0 heterocycles. The summed E-state index contributed by atoms with van der Waals surface area (Å²) in [7, 11) is 1.53. The third-order valence-corrected chi connectivity index (χ3v) is 4.06. The monoisotopic (exact) mass is 387 g/mol. The Bertz CT molecular complexity index is 704. The summed E-state index contributed by atoms with van der Waals surface area (Å²) in [5.74, 6) is 0.255. The maximum atomic E-state index is 12.4. The van der Waals surface area contributed by atoms with E-state index in [0.717, 1.165) is 10.0 Å². The number of aryl methyl sites for hydroxylation is 1. The number of amides is 1. The average Bonchev–Trinajstić information content (AvgIpc) is 2.42. The average molecular weight is 389 g/mol. The Morgan fingerprint density at radius 3 is 2.52 bits per heavy atom. The zero-order chi connectivity index (χ0) is 15.6. The minimum absolute atomic E-state index is 0.283. The number of benzene rings is 2. The van der Waals surface area contributed by atoms with Gasteiger partial charge in [-0.25, -0.2) is 0 Å². The molecule has 0 aliphatic rings. The van der Waals surface area contributed by atoms with Gasteiger partial charge < -0.3 is 10.1 Å². The van der Waals surface area contributed by atoms with Crippen molar-refractivity contribution in [2.24, 2.45) is 0 Å². The molecule has 0 aliphatic heterocycles. The molecule has 0 saturated carbocycles. The highest BCUT2D eigenvalue weighted by molar-refractivity contribution is 9.10. The van der Waals surface area contributed by atoms with Crippen molar-refractivity contribution in [3.63, 3.8) is 0 Å². The van der Waals surface area contributed by atoms with Gasteiger partial charge in [0.15, 0.2) is 0 Å². The number of nitrogens with one attached hydrogen (secondary N) is 1. The Balaban J connectivity index is 2.34. The fourth-order valence-electron chi connectivity index (χ4n) is 1.94. The van der Waals surface area contributed by atoms with E-state index >= 15 is 0 Å². The first kappa shape index (κ1) is 16.1. The van der Waals surface area contributed by atoms with Gasteiger partial charge in [0.25, 0.3) is 5.91 Å². The van der Waals surface area contributed by atoms with Gasteiger partial charge in [-0.05, 0) is 42.8 Å². The molecule has 0 atom stereocenters. The molecular formula is C15H12BrCl2NO2. The first-order valence-electron chi connectivity index (χ1n) is 6.03. The second-order valence-corrected chi connectivity index (χ2v) is 6.12. The number of carbonyl (C=O) groups excluding carboxylic acids is 1. The lowest BCUT2D eigenvalue weighted by atomic mass is 10.1. The van der Waals surface area contributed by atoms with Crippen LogP contribution in [0.3, 0.4) is 0 Å². The number of hydrogen-bond acceptors (Lipinski definition) is 2. The van der Waals surface area contributed by atoms with Gasteiger partial charge in [-0.3, -0.25) is 4.79 Å². The molecule has 0 fully saturated rings. The lowest BCUT2D eigenvalue weighted by molar-refractivity contribution is 0.102. The summed E-state index contributed by atoms with van der Waals surface area (Å²) in [6.07, 6.45) is 0. The van der Waals surface area contributed by atoms with Crippen LogP contribution in [0.25, 0.3) is 0 Å². The highest BCUT2D eigenvalue weighted by Crippen LogP contribution is 2.29. The SMILES string of the molecule is COc1c(C)cc(Br)cc1C(=O)Nc1ccc(Cl)c(Cl)c1. The van der Waals surface area contributed by atoms with Crippen molar-refractivity contribution in [1.29, 1.82) is 0 Å². The topological polar surface area (TPSA) is 38.3 Å². The Morgan fingerprint density at radius 1 is 1.19 bits per heavy atom. The molecule has 0 aromatic heterocycles. The normalized spacial score (nSPS) is 10.3. The van der Waals surface area contributed by atoms with E-state index in [2.05, 4.69) is 21.2 Å². The number of rotatable bonds is 3. The van der Waals surface area contributed by atoms with Gasteiger partial charge in [0.05, 0.1) is 22.7 Å². The van der Waals surface area contributed by atoms with E-state index in [1.165, 1.54) is 7.11 Å². The number of ether oxygens (including phenoxy) is 1. The second kappa shape index (κ2) is 6.69. The number of anilines is 1. The van der Waals surface area contributed by atoms with Crippen molar-refractivity contribution < 1.29 is 9.53 Å². The van der Waals surface area contributed by atoms with Crippen molar-refractivity contribution >= 4 is 50.7 Å². The van der Waals surface area contributed by atoms with E-state index in [1.54, 1.807) is 24.3 Å². The van der Waals surface area contributed by atoms with Gasteiger partial charge in [-0.15, -0.1) is 0 Å². The van der Waals surface area contributed by atoms with Crippen LogP contribution >= 0.6 is 39.1 Å². The minimum atomic E-state index is -0.283. The van der Waals surface area contributed by atoms with E-state index in [1.807, 2.05) is 13.0 Å². The van der Waals surface area contributed by atoms with Crippen LogP contribution in [0.1, 0.15) is 15.9 Å². The summed E-state index contributed by atoms with van der Waals surface area (Å²) in [6, 6.07) is 8.50. The summed E-state index contributed by atoms with van der Waals surface area (Å²) in [4.78, 5) is 12.4. The summed E-state index contributed by atoms with van der Waals surface area (Å²) in [6.45, 7) is 1.87. The molecule has 21 heavy (non-hydrogen) atoms.